The summed E-state index contributed by atoms with van der Waals surface area (Å²) in [5.74, 6) is -0.881. The first-order valence-corrected chi connectivity index (χ1v) is 6.15. The highest BCUT2D eigenvalue weighted by Crippen LogP contribution is 2.32. The molecule has 5 heteroatoms. The van der Waals surface area contributed by atoms with Crippen LogP contribution in [-0.2, 0) is 9.59 Å². The van der Waals surface area contributed by atoms with Gasteiger partial charge in [-0.2, -0.15) is 0 Å². The van der Waals surface area contributed by atoms with E-state index in [9.17, 15) is 14.7 Å². The van der Waals surface area contributed by atoms with Gasteiger partial charge < -0.3 is 16.2 Å². The summed E-state index contributed by atoms with van der Waals surface area (Å²) in [7, 11) is 0. The van der Waals surface area contributed by atoms with Gasteiger partial charge in [-0.3, -0.25) is 9.59 Å². The van der Waals surface area contributed by atoms with Gasteiger partial charge >= 0.3 is 0 Å². The van der Waals surface area contributed by atoms with Gasteiger partial charge in [0.25, 0.3) is 0 Å². The minimum Gasteiger partial charge on any atom is -0.389 e. The normalized spacial score (nSPS) is 20.2. The zero-order valence-corrected chi connectivity index (χ0v) is 10.5. The molecule has 0 heterocycles. The molecule has 98 valence electrons. The monoisotopic (exact) mass is 242 g/mol. The maximum Gasteiger partial charge on any atom is 0.240 e. The summed E-state index contributed by atoms with van der Waals surface area (Å²) in [6.45, 7) is 3.64. The molecule has 0 saturated heterocycles. The standard InChI is InChI=1S/C12H22N2O3/c1-8(2)10(11(13)16)14-9(15)7-12(17)5-3-4-6-12/h8,10,17H,3-7H2,1-2H3,(H2,13,16)(H,14,15). The van der Waals surface area contributed by atoms with Gasteiger partial charge in [0, 0.05) is 0 Å². The molecule has 1 aliphatic carbocycles. The third-order valence-corrected chi connectivity index (χ3v) is 3.31. The second-order valence-electron chi connectivity index (χ2n) is 5.30. The quantitative estimate of drug-likeness (QED) is 0.647. The molecule has 1 atom stereocenters. The van der Waals surface area contributed by atoms with E-state index in [4.69, 9.17) is 5.73 Å². The first-order chi connectivity index (χ1) is 7.84. The van der Waals surface area contributed by atoms with Crippen LogP contribution in [-0.4, -0.2) is 28.6 Å². The minimum atomic E-state index is -0.886. The molecule has 1 saturated carbocycles. The Balaban J connectivity index is 2.50. The number of primary amides is 1. The average Bonchev–Trinajstić information content (AvgIpc) is 2.60. The third-order valence-electron chi connectivity index (χ3n) is 3.31. The van der Waals surface area contributed by atoms with E-state index in [2.05, 4.69) is 5.32 Å². The summed E-state index contributed by atoms with van der Waals surface area (Å²) in [5, 5.41) is 12.7. The zero-order chi connectivity index (χ0) is 13.1. The van der Waals surface area contributed by atoms with Crippen molar-refractivity contribution in [1.82, 2.24) is 5.32 Å². The fourth-order valence-corrected chi connectivity index (χ4v) is 2.30. The van der Waals surface area contributed by atoms with E-state index in [0.717, 1.165) is 12.8 Å². The molecule has 1 aliphatic rings. The van der Waals surface area contributed by atoms with Crippen molar-refractivity contribution in [2.45, 2.75) is 57.6 Å². The number of hydrogen-bond acceptors (Lipinski definition) is 3. The van der Waals surface area contributed by atoms with E-state index >= 15 is 0 Å². The van der Waals surface area contributed by atoms with Crippen LogP contribution in [0.15, 0.2) is 0 Å². The van der Waals surface area contributed by atoms with Crippen LogP contribution in [0.5, 0.6) is 0 Å². The van der Waals surface area contributed by atoms with Gasteiger partial charge in [0.05, 0.1) is 12.0 Å². The van der Waals surface area contributed by atoms with Crippen molar-refractivity contribution in [3.05, 3.63) is 0 Å². The van der Waals surface area contributed by atoms with Gasteiger partial charge in [0.15, 0.2) is 0 Å². The molecule has 1 fully saturated rings. The Morgan fingerprint density at radius 2 is 1.88 bits per heavy atom. The Hall–Kier alpha value is -1.10. The summed E-state index contributed by atoms with van der Waals surface area (Å²) < 4.78 is 0. The number of carbonyl (C=O) groups excluding carboxylic acids is 2. The van der Waals surface area contributed by atoms with E-state index < -0.39 is 17.6 Å². The highest BCUT2D eigenvalue weighted by Gasteiger charge is 2.34. The maximum atomic E-state index is 11.7. The van der Waals surface area contributed by atoms with Crippen LogP contribution in [0, 0.1) is 5.92 Å². The molecule has 0 radical (unpaired) electrons. The molecule has 1 rings (SSSR count). The summed E-state index contributed by atoms with van der Waals surface area (Å²) >= 11 is 0. The Morgan fingerprint density at radius 1 is 1.35 bits per heavy atom. The van der Waals surface area contributed by atoms with Gasteiger partial charge in [0.1, 0.15) is 6.04 Å². The molecule has 0 aliphatic heterocycles. The third kappa shape index (κ3) is 4.00. The number of nitrogens with one attached hydrogen (secondary N) is 1. The second kappa shape index (κ2) is 5.49. The van der Waals surface area contributed by atoms with E-state index in [0.29, 0.717) is 12.8 Å². The van der Waals surface area contributed by atoms with Gasteiger partial charge in [0.2, 0.25) is 11.8 Å². The first-order valence-electron chi connectivity index (χ1n) is 6.15. The van der Waals surface area contributed by atoms with Crippen molar-refractivity contribution in [2.75, 3.05) is 0 Å². The highest BCUT2D eigenvalue weighted by atomic mass is 16.3. The van der Waals surface area contributed by atoms with E-state index in [1.54, 1.807) is 0 Å². The van der Waals surface area contributed by atoms with Gasteiger partial charge in [-0.1, -0.05) is 26.7 Å². The first kappa shape index (κ1) is 14.0. The molecule has 0 aromatic carbocycles. The molecule has 0 aromatic heterocycles. The van der Waals surface area contributed by atoms with E-state index in [1.165, 1.54) is 0 Å². The van der Waals surface area contributed by atoms with Crippen molar-refractivity contribution >= 4 is 11.8 Å². The van der Waals surface area contributed by atoms with E-state index in [-0.39, 0.29) is 18.2 Å². The molecule has 2 amide bonds. The summed E-state index contributed by atoms with van der Waals surface area (Å²) in [6.07, 6.45) is 3.27. The molecule has 1 unspecified atom stereocenters. The molecular weight excluding hydrogens is 220 g/mol. The number of hydrogen-bond donors (Lipinski definition) is 3. The van der Waals surface area contributed by atoms with Crippen LogP contribution in [0.3, 0.4) is 0 Å². The topological polar surface area (TPSA) is 92.4 Å². The molecule has 0 spiro atoms. The second-order valence-corrected chi connectivity index (χ2v) is 5.30. The van der Waals surface area contributed by atoms with Crippen molar-refractivity contribution in [2.24, 2.45) is 11.7 Å². The molecule has 0 aromatic rings. The molecule has 4 N–H and O–H groups in total. The minimum absolute atomic E-state index is 0.0466. The predicted octanol–water partition coefficient (Wildman–Crippen LogP) is 0.308. The number of rotatable bonds is 5. The fraction of sp³-hybridized carbons (Fsp3) is 0.833. The lowest BCUT2D eigenvalue weighted by atomic mass is 9.96. The molecular formula is C12H22N2O3. The van der Waals surface area contributed by atoms with E-state index in [1.807, 2.05) is 13.8 Å². The van der Waals surface area contributed by atoms with Crippen LogP contribution in [0.1, 0.15) is 46.0 Å². The smallest absolute Gasteiger partial charge is 0.240 e. The van der Waals surface area contributed by atoms with Gasteiger partial charge in [-0.25, -0.2) is 0 Å². The van der Waals surface area contributed by atoms with Crippen molar-refractivity contribution in [3.8, 4) is 0 Å². The average molecular weight is 242 g/mol. The largest absolute Gasteiger partial charge is 0.389 e. The molecule has 5 nitrogen and oxygen atoms in total. The van der Waals surface area contributed by atoms with Crippen molar-refractivity contribution < 1.29 is 14.7 Å². The SMILES string of the molecule is CC(C)C(NC(=O)CC1(O)CCCC1)C(N)=O. The van der Waals surface area contributed by atoms with Crippen LogP contribution >= 0.6 is 0 Å². The van der Waals surface area contributed by atoms with Crippen LogP contribution in [0.4, 0.5) is 0 Å². The summed E-state index contributed by atoms with van der Waals surface area (Å²) in [6, 6.07) is -0.660. The lowest BCUT2D eigenvalue weighted by Crippen LogP contribution is -2.49. The van der Waals surface area contributed by atoms with Gasteiger partial charge in [-0.15, -0.1) is 0 Å². The lowest BCUT2D eigenvalue weighted by Gasteiger charge is -2.24. The van der Waals surface area contributed by atoms with Gasteiger partial charge in [-0.05, 0) is 18.8 Å². The Kier molecular flexibility index (Phi) is 4.51. The lowest BCUT2D eigenvalue weighted by molar-refractivity contribution is -0.131. The molecule has 0 bridgehead atoms. The maximum absolute atomic E-state index is 11.7. The van der Waals surface area contributed by atoms with Crippen molar-refractivity contribution in [3.63, 3.8) is 0 Å². The van der Waals surface area contributed by atoms with Crippen molar-refractivity contribution in [1.29, 1.82) is 0 Å². The Bertz CT molecular complexity index is 296. The number of amides is 2. The number of carbonyl (C=O) groups is 2. The number of nitrogens with two attached hydrogens (primary N) is 1. The Morgan fingerprint density at radius 3 is 2.29 bits per heavy atom. The van der Waals surface area contributed by atoms with Crippen LogP contribution in [0.25, 0.3) is 0 Å². The number of aliphatic hydroxyl groups is 1. The molecule has 17 heavy (non-hydrogen) atoms. The Labute approximate surface area is 102 Å². The van der Waals surface area contributed by atoms with Crippen LogP contribution in [0.2, 0.25) is 0 Å². The highest BCUT2D eigenvalue weighted by molar-refractivity contribution is 5.87. The predicted molar refractivity (Wildman–Crippen MR) is 64.0 cm³/mol. The summed E-state index contributed by atoms with van der Waals surface area (Å²) in [5.41, 5.74) is 4.33. The van der Waals surface area contributed by atoms with Crippen LogP contribution < -0.4 is 11.1 Å². The zero-order valence-electron chi connectivity index (χ0n) is 10.5. The summed E-state index contributed by atoms with van der Waals surface area (Å²) in [4.78, 5) is 22.9. The fourth-order valence-electron chi connectivity index (χ4n) is 2.30.